The molecule has 0 saturated carbocycles. The first kappa shape index (κ1) is 18.4. The van der Waals surface area contributed by atoms with Gasteiger partial charge >= 0.3 is 5.97 Å². The van der Waals surface area contributed by atoms with Gasteiger partial charge in [-0.25, -0.2) is 9.78 Å². The van der Waals surface area contributed by atoms with Crippen LogP contribution in [0.5, 0.6) is 0 Å². The van der Waals surface area contributed by atoms with Gasteiger partial charge in [-0.15, -0.1) is 0 Å². The minimum absolute atomic E-state index is 0.110. The van der Waals surface area contributed by atoms with E-state index in [0.717, 1.165) is 17.0 Å². The molecule has 2 heterocycles. The number of nitrogens with zero attached hydrogens (tertiary/aromatic N) is 3. The summed E-state index contributed by atoms with van der Waals surface area (Å²) in [4.78, 5) is 28.6. The number of carbonyl (C=O) groups is 2. The number of aromatic carboxylic acids is 1. The molecule has 1 aromatic carbocycles. The number of carboxylic acid groups (broad SMARTS) is 1. The molecule has 0 fully saturated rings. The van der Waals surface area contributed by atoms with Crippen molar-refractivity contribution < 1.29 is 14.7 Å². The summed E-state index contributed by atoms with van der Waals surface area (Å²) < 4.78 is 3.48. The fourth-order valence-electron chi connectivity index (χ4n) is 3.17. The minimum Gasteiger partial charge on any atom is -0.478 e. The van der Waals surface area contributed by atoms with E-state index in [2.05, 4.69) is 4.98 Å². The largest absolute Gasteiger partial charge is 0.478 e. The standard InChI is InChI=1S/C20H22N4O3/c1-3-23-11-15(17(19(23)21)20(26)27)16(25)9-10-24-12-22-18(13(24)2)14-7-5-4-6-8-14/h4-8,11-12H,3,9-10,21H2,1-2H3,(H,26,27). The van der Waals surface area contributed by atoms with Crippen molar-refractivity contribution in [3.8, 4) is 11.3 Å². The predicted octanol–water partition coefficient (Wildman–Crippen LogP) is 3.23. The van der Waals surface area contributed by atoms with E-state index in [0.29, 0.717) is 13.1 Å². The number of carbonyl (C=O) groups excluding carboxylic acids is 1. The molecule has 27 heavy (non-hydrogen) atoms. The average Bonchev–Trinajstić information content (AvgIpc) is 3.20. The normalized spacial score (nSPS) is 10.9. The van der Waals surface area contributed by atoms with Crippen LogP contribution in [0.1, 0.15) is 39.8 Å². The van der Waals surface area contributed by atoms with E-state index in [9.17, 15) is 14.7 Å². The van der Waals surface area contributed by atoms with Gasteiger partial charge in [0.25, 0.3) is 0 Å². The van der Waals surface area contributed by atoms with Crippen molar-refractivity contribution in [1.29, 1.82) is 0 Å². The van der Waals surface area contributed by atoms with Crippen LogP contribution in [0.4, 0.5) is 5.82 Å². The van der Waals surface area contributed by atoms with Crippen LogP contribution < -0.4 is 5.73 Å². The van der Waals surface area contributed by atoms with Crippen LogP contribution in [-0.4, -0.2) is 31.0 Å². The molecule has 3 rings (SSSR count). The first-order valence-corrected chi connectivity index (χ1v) is 8.76. The van der Waals surface area contributed by atoms with Crippen LogP contribution in [0.25, 0.3) is 11.3 Å². The van der Waals surface area contributed by atoms with E-state index in [1.54, 1.807) is 10.9 Å². The van der Waals surface area contributed by atoms with Crippen LogP contribution in [0.2, 0.25) is 0 Å². The van der Waals surface area contributed by atoms with Gasteiger partial charge in [0, 0.05) is 37.0 Å². The Morgan fingerprint density at radius 3 is 2.52 bits per heavy atom. The Labute approximate surface area is 157 Å². The van der Waals surface area contributed by atoms with E-state index < -0.39 is 5.97 Å². The molecule has 0 aliphatic rings. The lowest BCUT2D eigenvalue weighted by Crippen LogP contribution is -2.11. The molecule has 0 unspecified atom stereocenters. The van der Waals surface area contributed by atoms with Crippen molar-refractivity contribution in [2.45, 2.75) is 33.4 Å². The number of anilines is 1. The van der Waals surface area contributed by atoms with Crippen molar-refractivity contribution in [1.82, 2.24) is 14.1 Å². The molecule has 140 valence electrons. The highest BCUT2D eigenvalue weighted by molar-refractivity contribution is 6.08. The van der Waals surface area contributed by atoms with Crippen molar-refractivity contribution in [3.63, 3.8) is 0 Å². The zero-order valence-corrected chi connectivity index (χ0v) is 15.3. The predicted molar refractivity (Wildman–Crippen MR) is 103 cm³/mol. The summed E-state index contributed by atoms with van der Waals surface area (Å²) in [6.45, 7) is 4.71. The van der Waals surface area contributed by atoms with Gasteiger partial charge in [-0.2, -0.15) is 0 Å². The van der Waals surface area contributed by atoms with E-state index in [1.807, 2.05) is 48.7 Å². The van der Waals surface area contributed by atoms with Gasteiger partial charge in [-0.05, 0) is 13.8 Å². The van der Waals surface area contributed by atoms with Crippen LogP contribution in [0.3, 0.4) is 0 Å². The summed E-state index contributed by atoms with van der Waals surface area (Å²) in [6, 6.07) is 9.82. The number of carboxylic acids is 1. The third-order valence-electron chi connectivity index (χ3n) is 4.70. The third-order valence-corrected chi connectivity index (χ3v) is 4.70. The molecule has 0 aliphatic carbocycles. The highest BCUT2D eigenvalue weighted by Crippen LogP contribution is 2.24. The van der Waals surface area contributed by atoms with Gasteiger partial charge < -0.3 is 20.0 Å². The molecule has 0 spiro atoms. The molecule has 7 nitrogen and oxygen atoms in total. The van der Waals surface area contributed by atoms with E-state index in [-0.39, 0.29) is 29.1 Å². The number of rotatable bonds is 7. The number of ketones is 1. The number of benzene rings is 1. The lowest BCUT2D eigenvalue weighted by molar-refractivity contribution is 0.0693. The van der Waals surface area contributed by atoms with Gasteiger partial charge in [0.2, 0.25) is 0 Å². The summed E-state index contributed by atoms with van der Waals surface area (Å²) in [6.07, 6.45) is 3.39. The smallest absolute Gasteiger partial charge is 0.340 e. The topological polar surface area (TPSA) is 103 Å². The van der Waals surface area contributed by atoms with Gasteiger partial charge in [0.15, 0.2) is 5.78 Å². The Bertz CT molecular complexity index is 986. The Kier molecular flexibility index (Phi) is 5.12. The maximum absolute atomic E-state index is 12.6. The van der Waals surface area contributed by atoms with Crippen LogP contribution >= 0.6 is 0 Å². The SMILES string of the molecule is CCn1cc(C(=O)CCn2cnc(-c3ccccc3)c2C)c(C(=O)O)c1N. The van der Waals surface area contributed by atoms with E-state index >= 15 is 0 Å². The molecular weight excluding hydrogens is 344 g/mol. The zero-order valence-electron chi connectivity index (χ0n) is 15.3. The Hall–Kier alpha value is -3.35. The number of hydrogen-bond donors (Lipinski definition) is 2. The second kappa shape index (κ2) is 7.49. The molecule has 0 saturated heterocycles. The van der Waals surface area contributed by atoms with Crippen molar-refractivity contribution >= 4 is 17.6 Å². The molecule has 0 aliphatic heterocycles. The molecular formula is C20H22N4O3. The number of Topliss-reactive ketones (excluding diaryl/α,β-unsaturated/α-hetero) is 1. The second-order valence-corrected chi connectivity index (χ2v) is 6.31. The molecule has 0 bridgehead atoms. The molecule has 0 amide bonds. The van der Waals surface area contributed by atoms with Crippen LogP contribution in [-0.2, 0) is 13.1 Å². The lowest BCUT2D eigenvalue weighted by atomic mass is 10.1. The molecule has 0 radical (unpaired) electrons. The second-order valence-electron chi connectivity index (χ2n) is 6.31. The maximum Gasteiger partial charge on any atom is 0.340 e. The molecule has 2 aromatic heterocycles. The minimum atomic E-state index is -1.19. The van der Waals surface area contributed by atoms with Gasteiger partial charge in [-0.3, -0.25) is 4.79 Å². The lowest BCUT2D eigenvalue weighted by Gasteiger charge is -2.06. The third kappa shape index (κ3) is 3.48. The van der Waals surface area contributed by atoms with Crippen LogP contribution in [0, 0.1) is 6.92 Å². The van der Waals surface area contributed by atoms with Gasteiger partial charge in [-0.1, -0.05) is 30.3 Å². The molecule has 7 heteroatoms. The Morgan fingerprint density at radius 2 is 1.89 bits per heavy atom. The molecule has 3 N–H and O–H groups in total. The quantitative estimate of drug-likeness (QED) is 0.625. The Balaban J connectivity index is 1.79. The van der Waals surface area contributed by atoms with Crippen LogP contribution in [0.15, 0.2) is 42.9 Å². The summed E-state index contributed by atoms with van der Waals surface area (Å²) in [5.74, 6) is -1.33. The average molecular weight is 366 g/mol. The number of aromatic nitrogens is 3. The van der Waals surface area contributed by atoms with Crippen molar-refractivity contribution in [2.24, 2.45) is 0 Å². The van der Waals surface area contributed by atoms with E-state index in [4.69, 9.17) is 5.73 Å². The fraction of sp³-hybridized carbons (Fsp3) is 0.250. The summed E-state index contributed by atoms with van der Waals surface area (Å²) in [5.41, 5.74) is 8.75. The summed E-state index contributed by atoms with van der Waals surface area (Å²) >= 11 is 0. The van der Waals surface area contributed by atoms with E-state index in [1.165, 1.54) is 6.20 Å². The monoisotopic (exact) mass is 366 g/mol. The highest BCUT2D eigenvalue weighted by atomic mass is 16.4. The Morgan fingerprint density at radius 1 is 1.19 bits per heavy atom. The zero-order chi connectivity index (χ0) is 19.6. The number of imidazole rings is 1. The number of nitrogens with two attached hydrogens (primary N) is 1. The first-order chi connectivity index (χ1) is 12.9. The fourth-order valence-corrected chi connectivity index (χ4v) is 3.17. The van der Waals surface area contributed by atoms with Gasteiger partial charge in [0.1, 0.15) is 11.4 Å². The number of hydrogen-bond acceptors (Lipinski definition) is 4. The number of aryl methyl sites for hydroxylation is 2. The number of nitrogen functional groups attached to an aromatic ring is 1. The summed E-state index contributed by atoms with van der Waals surface area (Å²) in [7, 11) is 0. The van der Waals surface area contributed by atoms with Crippen molar-refractivity contribution in [2.75, 3.05) is 5.73 Å². The van der Waals surface area contributed by atoms with Gasteiger partial charge in [0.05, 0.1) is 17.6 Å². The summed E-state index contributed by atoms with van der Waals surface area (Å²) in [5, 5.41) is 9.40. The molecule has 0 atom stereocenters. The maximum atomic E-state index is 12.6. The first-order valence-electron chi connectivity index (χ1n) is 8.76. The molecule has 3 aromatic rings. The van der Waals surface area contributed by atoms with Crippen molar-refractivity contribution in [3.05, 3.63) is 59.7 Å². The highest BCUT2D eigenvalue weighted by Gasteiger charge is 2.24.